The quantitative estimate of drug-likeness (QED) is 0.749. The maximum atomic E-state index is 12.5. The first-order valence-corrected chi connectivity index (χ1v) is 7.64. The normalized spacial score (nSPS) is 21.0. The average Bonchev–Trinajstić information content (AvgIpc) is 2.68. The molecule has 0 spiro atoms. The third-order valence-corrected chi connectivity index (χ3v) is 4.26. The van der Waals surface area contributed by atoms with Crippen molar-refractivity contribution in [2.45, 2.75) is 19.5 Å². The van der Waals surface area contributed by atoms with Gasteiger partial charge in [0.2, 0.25) is 11.8 Å². The Morgan fingerprint density at radius 3 is 2.92 bits per heavy atom. The molecular weight excluding hydrogens is 312 g/mol. The van der Waals surface area contributed by atoms with Gasteiger partial charge in [-0.15, -0.1) is 0 Å². The number of aromatic nitrogens is 1. The van der Waals surface area contributed by atoms with E-state index in [4.69, 9.17) is 5.11 Å². The first kappa shape index (κ1) is 16.1. The van der Waals surface area contributed by atoms with Crippen molar-refractivity contribution >= 4 is 29.7 Å². The van der Waals surface area contributed by atoms with Crippen molar-refractivity contribution in [1.29, 1.82) is 0 Å². The summed E-state index contributed by atoms with van der Waals surface area (Å²) in [6.45, 7) is 3.57. The summed E-state index contributed by atoms with van der Waals surface area (Å²) in [4.78, 5) is 42.6. The molecule has 2 aliphatic heterocycles. The fraction of sp³-hybridized carbons (Fsp3) is 0.375. The van der Waals surface area contributed by atoms with Crippen LogP contribution < -0.4 is 5.32 Å². The van der Waals surface area contributed by atoms with Crippen LogP contribution in [0.5, 0.6) is 0 Å². The number of carbonyl (C=O) groups excluding carboxylic acids is 2. The second-order valence-corrected chi connectivity index (χ2v) is 5.89. The van der Waals surface area contributed by atoms with Crippen LogP contribution in [0.2, 0.25) is 0 Å². The molecule has 1 aromatic rings. The second-order valence-electron chi connectivity index (χ2n) is 5.89. The van der Waals surface area contributed by atoms with E-state index < -0.39 is 12.0 Å². The second kappa shape index (κ2) is 6.40. The van der Waals surface area contributed by atoms with Crippen LogP contribution >= 0.6 is 0 Å². The molecule has 0 saturated carbocycles. The molecule has 1 aromatic heterocycles. The topological polar surface area (TPSA) is 103 Å². The van der Waals surface area contributed by atoms with Crippen LogP contribution in [0, 0.1) is 0 Å². The number of anilines is 1. The molecule has 0 radical (unpaired) electrons. The number of fused-ring (bicyclic) bond motifs is 2. The number of hydrogen-bond acceptors (Lipinski definition) is 5. The van der Waals surface area contributed by atoms with Gasteiger partial charge in [-0.2, -0.15) is 0 Å². The van der Waals surface area contributed by atoms with Gasteiger partial charge in [0.15, 0.2) is 0 Å². The fourth-order valence-corrected chi connectivity index (χ4v) is 2.98. The van der Waals surface area contributed by atoms with Crippen LogP contribution in [-0.2, 0) is 20.9 Å². The van der Waals surface area contributed by atoms with Crippen molar-refractivity contribution in [3.05, 3.63) is 29.5 Å². The Hall–Kier alpha value is -2.74. The Bertz CT molecular complexity index is 731. The van der Waals surface area contributed by atoms with Crippen molar-refractivity contribution in [2.24, 2.45) is 0 Å². The molecule has 1 saturated heterocycles. The number of amides is 2. The van der Waals surface area contributed by atoms with E-state index in [9.17, 15) is 14.4 Å². The standard InChI is InChI=1S/C16H18N4O4/c1-10(21)19-4-5-20-8-12-6-11(2-3-14(22)23)7-17-15(12)18-16(24)13(20)9-19/h2-3,6-7,13H,4-5,8-9H2,1H3,(H,22,23)(H,17,18,24). The minimum Gasteiger partial charge on any atom is -0.478 e. The lowest BCUT2D eigenvalue weighted by Crippen LogP contribution is -2.57. The lowest BCUT2D eigenvalue weighted by Gasteiger charge is -2.38. The maximum absolute atomic E-state index is 12.5. The number of rotatable bonds is 2. The summed E-state index contributed by atoms with van der Waals surface area (Å²) in [7, 11) is 0. The average molecular weight is 330 g/mol. The van der Waals surface area contributed by atoms with E-state index in [-0.39, 0.29) is 11.8 Å². The molecule has 0 bridgehead atoms. The molecule has 2 amide bonds. The highest BCUT2D eigenvalue weighted by molar-refractivity contribution is 5.96. The molecular formula is C16H18N4O4. The molecule has 24 heavy (non-hydrogen) atoms. The first-order chi connectivity index (χ1) is 11.4. The van der Waals surface area contributed by atoms with E-state index in [1.54, 1.807) is 4.90 Å². The zero-order chi connectivity index (χ0) is 17.3. The molecule has 3 heterocycles. The van der Waals surface area contributed by atoms with E-state index in [0.717, 1.165) is 11.6 Å². The van der Waals surface area contributed by atoms with Gasteiger partial charge in [0, 0.05) is 50.9 Å². The molecule has 1 fully saturated rings. The predicted octanol–water partition coefficient (Wildman–Crippen LogP) is 0.164. The van der Waals surface area contributed by atoms with Gasteiger partial charge in [-0.05, 0) is 17.7 Å². The Morgan fingerprint density at radius 1 is 1.42 bits per heavy atom. The fourth-order valence-electron chi connectivity index (χ4n) is 2.98. The van der Waals surface area contributed by atoms with Gasteiger partial charge in [-0.3, -0.25) is 14.5 Å². The number of nitrogens with one attached hydrogen (secondary N) is 1. The molecule has 126 valence electrons. The maximum Gasteiger partial charge on any atom is 0.328 e. The third kappa shape index (κ3) is 3.28. The van der Waals surface area contributed by atoms with Crippen LogP contribution in [0.4, 0.5) is 5.82 Å². The smallest absolute Gasteiger partial charge is 0.328 e. The van der Waals surface area contributed by atoms with E-state index in [0.29, 0.717) is 37.6 Å². The molecule has 2 N–H and O–H groups in total. The van der Waals surface area contributed by atoms with Crippen LogP contribution in [0.25, 0.3) is 6.08 Å². The SMILES string of the molecule is CC(=O)N1CCN2Cc3cc(C=CC(=O)O)cnc3NC(=O)C2C1. The highest BCUT2D eigenvalue weighted by Gasteiger charge is 2.36. The number of hydrogen-bond donors (Lipinski definition) is 2. The summed E-state index contributed by atoms with van der Waals surface area (Å²) in [6, 6.07) is 1.41. The molecule has 1 unspecified atom stereocenters. The Balaban J connectivity index is 1.85. The number of carbonyl (C=O) groups is 3. The first-order valence-electron chi connectivity index (χ1n) is 7.64. The molecule has 1 atom stereocenters. The number of piperazine rings is 1. The van der Waals surface area contributed by atoms with Crippen LogP contribution in [0.15, 0.2) is 18.3 Å². The van der Waals surface area contributed by atoms with Crippen molar-refractivity contribution in [2.75, 3.05) is 25.0 Å². The highest BCUT2D eigenvalue weighted by Crippen LogP contribution is 2.24. The van der Waals surface area contributed by atoms with E-state index in [1.807, 2.05) is 11.0 Å². The van der Waals surface area contributed by atoms with Crippen LogP contribution in [0.1, 0.15) is 18.1 Å². The lowest BCUT2D eigenvalue weighted by molar-refractivity contribution is -0.135. The Kier molecular flexibility index (Phi) is 4.30. The van der Waals surface area contributed by atoms with Crippen LogP contribution in [-0.4, -0.2) is 63.4 Å². The number of carboxylic acid groups (broad SMARTS) is 1. The summed E-state index contributed by atoms with van der Waals surface area (Å²) in [5, 5.41) is 11.5. The van der Waals surface area contributed by atoms with Gasteiger partial charge in [-0.25, -0.2) is 9.78 Å². The van der Waals surface area contributed by atoms with Gasteiger partial charge in [0.05, 0.1) is 0 Å². The molecule has 3 rings (SSSR count). The summed E-state index contributed by atoms with van der Waals surface area (Å²) < 4.78 is 0. The third-order valence-electron chi connectivity index (χ3n) is 4.26. The number of aliphatic carboxylic acids is 1. The molecule has 8 heteroatoms. The van der Waals surface area contributed by atoms with Gasteiger partial charge in [0.25, 0.3) is 0 Å². The Labute approximate surface area is 138 Å². The largest absolute Gasteiger partial charge is 0.478 e. The van der Waals surface area contributed by atoms with Crippen molar-refractivity contribution in [3.63, 3.8) is 0 Å². The minimum absolute atomic E-state index is 0.0385. The number of carboxylic acids is 1. The zero-order valence-corrected chi connectivity index (χ0v) is 13.2. The van der Waals surface area contributed by atoms with Crippen molar-refractivity contribution < 1.29 is 19.5 Å². The van der Waals surface area contributed by atoms with Crippen molar-refractivity contribution in [3.8, 4) is 0 Å². The summed E-state index contributed by atoms with van der Waals surface area (Å²) >= 11 is 0. The zero-order valence-electron chi connectivity index (χ0n) is 13.2. The van der Waals surface area contributed by atoms with E-state index in [2.05, 4.69) is 10.3 Å². The molecule has 8 nitrogen and oxygen atoms in total. The molecule has 0 aromatic carbocycles. The highest BCUT2D eigenvalue weighted by atomic mass is 16.4. The van der Waals surface area contributed by atoms with E-state index >= 15 is 0 Å². The van der Waals surface area contributed by atoms with Crippen molar-refractivity contribution in [1.82, 2.24) is 14.8 Å². The number of pyridine rings is 1. The van der Waals surface area contributed by atoms with Gasteiger partial charge < -0.3 is 15.3 Å². The van der Waals surface area contributed by atoms with Gasteiger partial charge in [0.1, 0.15) is 11.9 Å². The number of nitrogens with zero attached hydrogens (tertiary/aromatic N) is 3. The molecule has 0 aliphatic carbocycles. The summed E-state index contributed by atoms with van der Waals surface area (Å²) in [5.41, 5.74) is 1.49. The lowest BCUT2D eigenvalue weighted by atomic mass is 10.1. The summed E-state index contributed by atoms with van der Waals surface area (Å²) in [5.74, 6) is -0.764. The predicted molar refractivity (Wildman–Crippen MR) is 86.0 cm³/mol. The van der Waals surface area contributed by atoms with E-state index in [1.165, 1.54) is 19.2 Å². The van der Waals surface area contributed by atoms with Crippen LogP contribution in [0.3, 0.4) is 0 Å². The van der Waals surface area contributed by atoms with Gasteiger partial charge in [-0.1, -0.05) is 0 Å². The summed E-state index contributed by atoms with van der Waals surface area (Å²) in [6.07, 6.45) is 4.03. The van der Waals surface area contributed by atoms with Gasteiger partial charge >= 0.3 is 5.97 Å². The molecule has 2 aliphatic rings. The minimum atomic E-state index is -1.03. The Morgan fingerprint density at radius 2 is 2.21 bits per heavy atom. The monoisotopic (exact) mass is 330 g/mol.